The Hall–Kier alpha value is -2.38. The van der Waals surface area contributed by atoms with Gasteiger partial charge in [-0.3, -0.25) is 9.59 Å². The number of amides is 1. The third-order valence-electron chi connectivity index (χ3n) is 4.19. The minimum absolute atomic E-state index is 0.162. The van der Waals surface area contributed by atoms with Crippen molar-refractivity contribution in [2.24, 2.45) is 0 Å². The summed E-state index contributed by atoms with van der Waals surface area (Å²) in [5.41, 5.74) is 2.11. The molecule has 0 unspecified atom stereocenters. The first-order valence-electron chi connectivity index (χ1n) is 8.87. The number of rotatable bonds is 6. The number of anilines is 1. The number of ketones is 1. The van der Waals surface area contributed by atoms with Crippen LogP contribution in [0.4, 0.5) is 5.69 Å². The van der Waals surface area contributed by atoms with Crippen LogP contribution in [0.5, 0.6) is 0 Å². The quantitative estimate of drug-likeness (QED) is 0.254. The second-order valence-corrected chi connectivity index (χ2v) is 9.44. The fourth-order valence-electron chi connectivity index (χ4n) is 2.81. The molecule has 4 nitrogen and oxygen atoms in total. The summed E-state index contributed by atoms with van der Waals surface area (Å²) in [6.45, 7) is 0. The molecule has 1 aromatic heterocycles. The highest BCUT2D eigenvalue weighted by Crippen LogP contribution is 2.31. The zero-order valence-electron chi connectivity index (χ0n) is 15.4. The van der Waals surface area contributed by atoms with Crippen molar-refractivity contribution in [1.82, 2.24) is 4.98 Å². The molecular weight excluding hydrogens is 459 g/mol. The molecule has 0 aliphatic heterocycles. The first-order valence-corrected chi connectivity index (χ1v) is 11.4. The Morgan fingerprint density at radius 2 is 1.70 bits per heavy atom. The average Bonchev–Trinajstić information content (AvgIpc) is 3.15. The van der Waals surface area contributed by atoms with E-state index in [1.165, 1.54) is 23.1 Å². The molecular formula is C22H14Cl2N2O2S2. The van der Waals surface area contributed by atoms with Crippen LogP contribution < -0.4 is 5.32 Å². The molecule has 1 amide bonds. The van der Waals surface area contributed by atoms with Gasteiger partial charge in [0.2, 0.25) is 5.91 Å². The fraction of sp³-hybridized carbons (Fsp3) is 0.0455. The summed E-state index contributed by atoms with van der Waals surface area (Å²) in [6.07, 6.45) is 0. The van der Waals surface area contributed by atoms with Crippen molar-refractivity contribution >= 4 is 73.9 Å². The van der Waals surface area contributed by atoms with Crippen molar-refractivity contribution in [2.45, 2.75) is 4.34 Å². The fourth-order valence-corrected chi connectivity index (χ4v) is 5.00. The van der Waals surface area contributed by atoms with Crippen molar-refractivity contribution in [3.63, 3.8) is 0 Å². The maximum Gasteiger partial charge on any atom is 0.234 e. The second kappa shape index (κ2) is 9.18. The molecule has 0 bridgehead atoms. The van der Waals surface area contributed by atoms with Gasteiger partial charge < -0.3 is 5.32 Å². The number of carbonyl (C=O) groups is 2. The topological polar surface area (TPSA) is 59.1 Å². The van der Waals surface area contributed by atoms with Gasteiger partial charge in [-0.05, 0) is 36.4 Å². The molecule has 0 spiro atoms. The van der Waals surface area contributed by atoms with Gasteiger partial charge in [0.1, 0.15) is 0 Å². The van der Waals surface area contributed by atoms with E-state index in [9.17, 15) is 9.59 Å². The van der Waals surface area contributed by atoms with E-state index in [1.807, 2.05) is 18.2 Å². The van der Waals surface area contributed by atoms with Crippen LogP contribution in [0, 0.1) is 0 Å². The van der Waals surface area contributed by atoms with Gasteiger partial charge in [0, 0.05) is 21.2 Å². The van der Waals surface area contributed by atoms with E-state index in [0.29, 0.717) is 26.9 Å². The first kappa shape index (κ1) is 20.9. The summed E-state index contributed by atoms with van der Waals surface area (Å²) < 4.78 is 1.79. The van der Waals surface area contributed by atoms with Crippen LogP contribution in [0.3, 0.4) is 0 Å². The number of nitrogens with one attached hydrogen (secondary N) is 1. The van der Waals surface area contributed by atoms with Gasteiger partial charge in [-0.25, -0.2) is 4.98 Å². The van der Waals surface area contributed by atoms with Gasteiger partial charge in [0.15, 0.2) is 10.1 Å². The van der Waals surface area contributed by atoms with E-state index >= 15 is 0 Å². The van der Waals surface area contributed by atoms with Gasteiger partial charge in [0.05, 0.1) is 21.7 Å². The summed E-state index contributed by atoms with van der Waals surface area (Å²) in [4.78, 5) is 29.9. The Bertz CT molecular complexity index is 1240. The maximum absolute atomic E-state index is 12.9. The molecule has 0 aliphatic rings. The van der Waals surface area contributed by atoms with Crippen LogP contribution in [0.25, 0.3) is 10.2 Å². The molecule has 30 heavy (non-hydrogen) atoms. The number of thioether (sulfide) groups is 1. The van der Waals surface area contributed by atoms with Crippen molar-refractivity contribution in [3.05, 3.63) is 87.9 Å². The Kier molecular flexibility index (Phi) is 6.39. The van der Waals surface area contributed by atoms with Crippen LogP contribution in [-0.4, -0.2) is 22.4 Å². The molecule has 0 atom stereocenters. The predicted octanol–water partition coefficient (Wildman–Crippen LogP) is 6.56. The van der Waals surface area contributed by atoms with Gasteiger partial charge >= 0.3 is 0 Å². The van der Waals surface area contributed by atoms with Crippen molar-refractivity contribution < 1.29 is 9.59 Å². The van der Waals surface area contributed by atoms with Gasteiger partial charge in [-0.1, -0.05) is 65.3 Å². The molecule has 0 fully saturated rings. The summed E-state index contributed by atoms with van der Waals surface area (Å²) in [5.74, 6) is -0.277. The number of hydrogen-bond donors (Lipinski definition) is 1. The predicted molar refractivity (Wildman–Crippen MR) is 125 cm³/mol. The smallest absolute Gasteiger partial charge is 0.234 e. The van der Waals surface area contributed by atoms with Crippen molar-refractivity contribution in [1.29, 1.82) is 0 Å². The molecule has 3 aromatic carbocycles. The molecule has 0 radical (unpaired) electrons. The number of halogens is 2. The SMILES string of the molecule is O=C(CSc1nc2cc(Cl)ccc2s1)Nc1ccc(Cl)cc1C(=O)c1ccccc1. The van der Waals surface area contributed by atoms with Crippen LogP contribution in [0.1, 0.15) is 15.9 Å². The average molecular weight is 473 g/mol. The molecule has 4 rings (SSSR count). The standard InChI is InChI=1S/C22H14Cl2N2O2S2/c23-14-6-8-17(16(10-14)21(28)13-4-2-1-3-5-13)25-20(27)12-29-22-26-18-11-15(24)7-9-19(18)30-22/h1-11H,12H2,(H,25,27). The van der Waals surface area contributed by atoms with Gasteiger partial charge in [-0.15, -0.1) is 11.3 Å². The van der Waals surface area contributed by atoms with Gasteiger partial charge in [0.25, 0.3) is 0 Å². The Morgan fingerprint density at radius 1 is 0.967 bits per heavy atom. The largest absolute Gasteiger partial charge is 0.325 e. The summed E-state index contributed by atoms with van der Waals surface area (Å²) in [7, 11) is 0. The Balaban J connectivity index is 1.48. The highest BCUT2D eigenvalue weighted by molar-refractivity contribution is 8.01. The van der Waals surface area contributed by atoms with E-state index in [-0.39, 0.29) is 17.4 Å². The van der Waals surface area contributed by atoms with Crippen LogP contribution in [0.15, 0.2) is 71.1 Å². The summed E-state index contributed by atoms with van der Waals surface area (Å²) in [5, 5.41) is 3.87. The summed E-state index contributed by atoms with van der Waals surface area (Å²) >= 11 is 14.9. The molecule has 1 heterocycles. The van der Waals surface area contributed by atoms with Crippen molar-refractivity contribution in [2.75, 3.05) is 11.1 Å². The van der Waals surface area contributed by atoms with Crippen LogP contribution in [-0.2, 0) is 4.79 Å². The monoisotopic (exact) mass is 472 g/mol. The molecule has 0 saturated carbocycles. The number of benzene rings is 3. The molecule has 8 heteroatoms. The Labute approximate surface area is 191 Å². The second-order valence-electron chi connectivity index (χ2n) is 6.31. The molecule has 4 aromatic rings. The highest BCUT2D eigenvalue weighted by atomic mass is 35.5. The van der Waals surface area contributed by atoms with Crippen LogP contribution in [0.2, 0.25) is 10.0 Å². The van der Waals surface area contributed by atoms with E-state index in [0.717, 1.165) is 14.6 Å². The maximum atomic E-state index is 12.9. The lowest BCUT2D eigenvalue weighted by Crippen LogP contribution is -2.17. The number of thiazole rings is 1. The van der Waals surface area contributed by atoms with E-state index in [1.54, 1.807) is 48.5 Å². The highest BCUT2D eigenvalue weighted by Gasteiger charge is 2.16. The number of carbonyl (C=O) groups excluding carboxylic acids is 2. The van der Waals surface area contributed by atoms with E-state index in [2.05, 4.69) is 10.3 Å². The lowest BCUT2D eigenvalue weighted by atomic mass is 10.0. The van der Waals surface area contributed by atoms with Crippen molar-refractivity contribution in [3.8, 4) is 0 Å². The minimum Gasteiger partial charge on any atom is -0.325 e. The number of nitrogens with zero attached hydrogens (tertiary/aromatic N) is 1. The molecule has 1 N–H and O–H groups in total. The third kappa shape index (κ3) is 4.84. The molecule has 0 aliphatic carbocycles. The normalized spacial score (nSPS) is 10.9. The molecule has 150 valence electrons. The third-order valence-corrected chi connectivity index (χ3v) is 6.84. The van der Waals surface area contributed by atoms with Gasteiger partial charge in [-0.2, -0.15) is 0 Å². The zero-order chi connectivity index (χ0) is 21.1. The number of hydrogen-bond acceptors (Lipinski definition) is 5. The number of fused-ring (bicyclic) bond motifs is 1. The van der Waals surface area contributed by atoms with Crippen LogP contribution >= 0.6 is 46.3 Å². The molecule has 0 saturated heterocycles. The first-order chi connectivity index (χ1) is 14.5. The Morgan fingerprint density at radius 3 is 2.50 bits per heavy atom. The lowest BCUT2D eigenvalue weighted by molar-refractivity contribution is -0.113. The number of aromatic nitrogens is 1. The van der Waals surface area contributed by atoms with E-state index in [4.69, 9.17) is 23.2 Å². The van der Waals surface area contributed by atoms with E-state index < -0.39 is 0 Å². The zero-order valence-corrected chi connectivity index (χ0v) is 18.5. The minimum atomic E-state index is -0.235. The lowest BCUT2D eigenvalue weighted by Gasteiger charge is -2.11. The summed E-state index contributed by atoms with van der Waals surface area (Å²) in [6, 6.07) is 19.2.